The zero-order chi connectivity index (χ0) is 22.1. The summed E-state index contributed by atoms with van der Waals surface area (Å²) in [5.41, 5.74) is 2.27. The number of nitrogens with zero attached hydrogens (tertiary/aromatic N) is 2. The Balaban J connectivity index is 1.63. The fraction of sp³-hybridized carbons (Fsp3) is 0.417. The summed E-state index contributed by atoms with van der Waals surface area (Å²) in [5, 5.41) is 5.89. The number of carbonyl (C=O) groups is 3. The quantitative estimate of drug-likeness (QED) is 0.792. The highest BCUT2D eigenvalue weighted by atomic mass is 16.2. The van der Waals surface area contributed by atoms with Crippen molar-refractivity contribution in [3.63, 3.8) is 0 Å². The van der Waals surface area contributed by atoms with Crippen LogP contribution in [0.4, 0.5) is 0 Å². The van der Waals surface area contributed by atoms with Gasteiger partial charge in [-0.2, -0.15) is 0 Å². The van der Waals surface area contributed by atoms with Crippen LogP contribution in [-0.4, -0.2) is 47.2 Å². The smallest absolute Gasteiger partial charge is 0.255 e. The molecule has 0 spiro atoms. The van der Waals surface area contributed by atoms with Crippen LogP contribution in [0.2, 0.25) is 0 Å². The van der Waals surface area contributed by atoms with Gasteiger partial charge in [0.1, 0.15) is 0 Å². The molecule has 1 aliphatic heterocycles. The maximum Gasteiger partial charge on any atom is 0.255 e. The van der Waals surface area contributed by atoms with Crippen molar-refractivity contribution in [2.45, 2.75) is 39.2 Å². The van der Waals surface area contributed by atoms with Gasteiger partial charge in [-0.05, 0) is 43.9 Å². The number of hydrogen-bond donors (Lipinski definition) is 2. The van der Waals surface area contributed by atoms with E-state index in [4.69, 9.17) is 0 Å². The molecule has 164 valence electrons. The minimum atomic E-state index is -0.209. The zero-order valence-corrected chi connectivity index (χ0v) is 18.0. The molecule has 1 fully saturated rings. The van der Waals surface area contributed by atoms with E-state index in [9.17, 15) is 14.4 Å². The summed E-state index contributed by atoms with van der Waals surface area (Å²) in [5.74, 6) is -0.452. The number of pyridine rings is 1. The molecule has 7 heteroatoms. The number of hydrogen-bond acceptors (Lipinski definition) is 4. The number of benzene rings is 1. The van der Waals surface area contributed by atoms with Crippen LogP contribution in [0.1, 0.15) is 47.3 Å². The van der Waals surface area contributed by atoms with E-state index < -0.39 is 0 Å². The van der Waals surface area contributed by atoms with Gasteiger partial charge in [-0.25, -0.2) is 0 Å². The molecule has 0 bridgehead atoms. The van der Waals surface area contributed by atoms with Gasteiger partial charge in [0.2, 0.25) is 11.8 Å². The lowest BCUT2D eigenvalue weighted by Gasteiger charge is -2.23. The van der Waals surface area contributed by atoms with Gasteiger partial charge in [-0.1, -0.05) is 30.3 Å². The van der Waals surface area contributed by atoms with Crippen molar-refractivity contribution < 1.29 is 14.4 Å². The Labute approximate surface area is 183 Å². The number of rotatable bonds is 4. The van der Waals surface area contributed by atoms with Gasteiger partial charge in [0.15, 0.2) is 0 Å². The minimum Gasteiger partial charge on any atom is -0.356 e. The van der Waals surface area contributed by atoms with Crippen LogP contribution in [0.5, 0.6) is 0 Å². The zero-order valence-electron chi connectivity index (χ0n) is 18.0. The van der Waals surface area contributed by atoms with Crippen molar-refractivity contribution in [2.75, 3.05) is 19.6 Å². The molecule has 3 amide bonds. The first kappa shape index (κ1) is 22.5. The summed E-state index contributed by atoms with van der Waals surface area (Å²) in [6.45, 7) is 3.59. The second-order valence-electron chi connectivity index (χ2n) is 7.86. The molecule has 1 unspecified atom stereocenters. The molecule has 31 heavy (non-hydrogen) atoms. The summed E-state index contributed by atoms with van der Waals surface area (Å²) in [6.07, 6.45) is 3.85. The molecule has 3 rings (SSSR count). The highest BCUT2D eigenvalue weighted by molar-refractivity contribution is 5.95. The minimum absolute atomic E-state index is 0.0154. The molecule has 2 N–H and O–H groups in total. The Morgan fingerprint density at radius 2 is 1.94 bits per heavy atom. The molecule has 0 radical (unpaired) electrons. The molecule has 7 nitrogen and oxygen atoms in total. The summed E-state index contributed by atoms with van der Waals surface area (Å²) < 4.78 is 0. The largest absolute Gasteiger partial charge is 0.356 e. The Morgan fingerprint density at radius 1 is 1.13 bits per heavy atom. The van der Waals surface area contributed by atoms with Gasteiger partial charge in [0.05, 0.1) is 5.56 Å². The monoisotopic (exact) mass is 422 g/mol. The van der Waals surface area contributed by atoms with Crippen molar-refractivity contribution in [3.8, 4) is 0 Å². The lowest BCUT2D eigenvalue weighted by Crippen LogP contribution is -2.36. The average molecular weight is 423 g/mol. The molecule has 1 atom stereocenters. The fourth-order valence-electron chi connectivity index (χ4n) is 3.77. The second-order valence-corrected chi connectivity index (χ2v) is 7.86. The first-order chi connectivity index (χ1) is 15.0. The summed E-state index contributed by atoms with van der Waals surface area (Å²) in [7, 11) is 0. The summed E-state index contributed by atoms with van der Waals surface area (Å²) in [6, 6.07) is 13.3. The van der Waals surface area contributed by atoms with E-state index in [0.717, 1.165) is 5.56 Å². The van der Waals surface area contributed by atoms with Crippen molar-refractivity contribution in [2.24, 2.45) is 5.92 Å². The van der Waals surface area contributed by atoms with Gasteiger partial charge >= 0.3 is 0 Å². The predicted octanol–water partition coefficient (Wildman–Crippen LogP) is 2.46. The van der Waals surface area contributed by atoms with Crippen LogP contribution in [0.15, 0.2) is 48.7 Å². The molecular weight excluding hydrogens is 392 g/mol. The average Bonchev–Trinajstić information content (AvgIpc) is 2.83. The number of nitrogens with one attached hydrogen (secondary N) is 2. The molecule has 0 saturated carbocycles. The van der Waals surface area contributed by atoms with Crippen molar-refractivity contribution >= 4 is 17.7 Å². The number of carbonyl (C=O) groups excluding carboxylic acids is 3. The first-order valence-corrected chi connectivity index (χ1v) is 10.8. The molecule has 1 aromatic carbocycles. The summed E-state index contributed by atoms with van der Waals surface area (Å²) in [4.78, 5) is 43.9. The molecule has 1 saturated heterocycles. The first-order valence-electron chi connectivity index (χ1n) is 10.8. The van der Waals surface area contributed by atoms with Crippen LogP contribution < -0.4 is 10.6 Å². The Hall–Kier alpha value is -3.22. The summed E-state index contributed by atoms with van der Waals surface area (Å²) >= 11 is 0. The Kier molecular flexibility index (Phi) is 8.15. The van der Waals surface area contributed by atoms with Crippen LogP contribution in [-0.2, 0) is 16.1 Å². The third-order valence-corrected chi connectivity index (χ3v) is 5.61. The van der Waals surface area contributed by atoms with Crippen molar-refractivity contribution in [3.05, 3.63) is 65.5 Å². The van der Waals surface area contributed by atoms with Crippen LogP contribution in [0, 0.1) is 12.8 Å². The maximum absolute atomic E-state index is 13.0. The Bertz CT molecular complexity index is 901. The van der Waals surface area contributed by atoms with E-state index in [1.165, 1.54) is 0 Å². The van der Waals surface area contributed by atoms with Crippen LogP contribution >= 0.6 is 0 Å². The molecular formula is C24H30N4O3. The number of aromatic nitrogens is 1. The normalized spacial score (nSPS) is 17.9. The molecule has 0 aliphatic carbocycles. The second kappa shape index (κ2) is 11.2. The highest BCUT2D eigenvalue weighted by Crippen LogP contribution is 2.16. The van der Waals surface area contributed by atoms with Gasteiger partial charge in [-0.15, -0.1) is 0 Å². The van der Waals surface area contributed by atoms with Crippen LogP contribution in [0.25, 0.3) is 0 Å². The lowest BCUT2D eigenvalue weighted by molar-refractivity contribution is -0.126. The lowest BCUT2D eigenvalue weighted by atomic mass is 9.97. The number of aryl methyl sites for hydroxylation is 1. The Morgan fingerprint density at radius 3 is 2.71 bits per heavy atom. The molecule has 2 aromatic rings. The molecule has 2 heterocycles. The highest BCUT2D eigenvalue weighted by Gasteiger charge is 2.23. The van der Waals surface area contributed by atoms with Gasteiger partial charge in [0.25, 0.3) is 5.91 Å². The predicted molar refractivity (Wildman–Crippen MR) is 118 cm³/mol. The standard InChI is InChI=1S/C24H30N4O3/c1-18-21(10-5-13-25-18)24(31)28-15-6-9-20(11-14-26-22(29)12-16-28)23(30)27-17-19-7-3-2-4-8-19/h2-5,7-8,10,13,20H,6,9,11-12,14-17H2,1H3,(H,26,29)(H,27,30). The van der Waals surface area contributed by atoms with Crippen LogP contribution in [0.3, 0.4) is 0 Å². The molecule has 1 aliphatic rings. The molecule has 1 aromatic heterocycles. The van der Waals surface area contributed by atoms with Gasteiger partial charge < -0.3 is 15.5 Å². The third-order valence-electron chi connectivity index (χ3n) is 5.61. The van der Waals surface area contributed by atoms with E-state index in [0.29, 0.717) is 56.7 Å². The van der Waals surface area contributed by atoms with E-state index in [1.807, 2.05) is 30.3 Å². The van der Waals surface area contributed by atoms with Gasteiger partial charge in [-0.3, -0.25) is 19.4 Å². The van der Waals surface area contributed by atoms with E-state index in [2.05, 4.69) is 15.6 Å². The fourth-order valence-corrected chi connectivity index (χ4v) is 3.77. The van der Waals surface area contributed by atoms with Crippen molar-refractivity contribution in [1.29, 1.82) is 0 Å². The van der Waals surface area contributed by atoms with Gasteiger partial charge in [0, 0.05) is 50.4 Å². The van der Waals surface area contributed by atoms with E-state index >= 15 is 0 Å². The SMILES string of the molecule is Cc1ncccc1C(=O)N1CCCC(C(=O)NCc2ccccc2)CCNC(=O)CC1. The van der Waals surface area contributed by atoms with E-state index in [1.54, 1.807) is 30.2 Å². The van der Waals surface area contributed by atoms with Crippen molar-refractivity contribution in [1.82, 2.24) is 20.5 Å². The number of amides is 3. The topological polar surface area (TPSA) is 91.4 Å². The third kappa shape index (κ3) is 6.64. The van der Waals surface area contributed by atoms with E-state index in [-0.39, 0.29) is 30.1 Å². The maximum atomic E-state index is 13.0.